The van der Waals surface area contributed by atoms with Crippen LogP contribution in [-0.4, -0.2) is 19.7 Å². The quantitative estimate of drug-likeness (QED) is 0.832. The minimum absolute atomic E-state index is 0.718. The van der Waals surface area contributed by atoms with Gasteiger partial charge in [-0.2, -0.15) is 0 Å². The van der Waals surface area contributed by atoms with Gasteiger partial charge in [-0.3, -0.25) is 0 Å². The minimum atomic E-state index is 0.718. The maximum Gasteiger partial charge on any atom is 0.122 e. The first-order valence-corrected chi connectivity index (χ1v) is 6.05. The Morgan fingerprint density at radius 2 is 2.00 bits per heavy atom. The lowest BCUT2D eigenvalue weighted by Crippen LogP contribution is -2.20. The van der Waals surface area contributed by atoms with Crippen molar-refractivity contribution >= 4 is 15.9 Å². The average molecular weight is 272 g/mol. The second-order valence-corrected chi connectivity index (χ2v) is 4.35. The van der Waals surface area contributed by atoms with Gasteiger partial charge in [0.2, 0.25) is 0 Å². The van der Waals surface area contributed by atoms with E-state index in [-0.39, 0.29) is 0 Å². The zero-order valence-electron chi connectivity index (χ0n) is 9.56. The number of hydrogen-bond donors (Lipinski definition) is 1. The average Bonchev–Trinajstić information content (AvgIpc) is 2.24. The molecule has 0 saturated heterocycles. The van der Waals surface area contributed by atoms with Crippen LogP contribution in [0.1, 0.15) is 18.1 Å². The first-order valence-electron chi connectivity index (χ1n) is 5.26. The number of hydrogen-bond acceptors (Lipinski definition) is 2. The van der Waals surface area contributed by atoms with Crippen molar-refractivity contribution in [3.8, 4) is 5.75 Å². The zero-order valence-corrected chi connectivity index (χ0v) is 11.1. The predicted octanol–water partition coefficient (Wildman–Crippen LogP) is 3.05. The molecule has 0 heterocycles. The van der Waals surface area contributed by atoms with E-state index in [4.69, 9.17) is 4.74 Å². The monoisotopic (exact) mass is 271 g/mol. The third-order valence-electron chi connectivity index (χ3n) is 2.46. The molecule has 0 saturated carbocycles. The highest BCUT2D eigenvalue weighted by atomic mass is 79.9. The van der Waals surface area contributed by atoms with Crippen LogP contribution >= 0.6 is 15.9 Å². The molecule has 15 heavy (non-hydrogen) atoms. The number of nitrogens with one attached hydrogen (secondary N) is 1. The summed E-state index contributed by atoms with van der Waals surface area (Å²) < 4.78 is 6.83. The second kappa shape index (κ2) is 6.13. The molecule has 0 aliphatic carbocycles. The van der Waals surface area contributed by atoms with E-state index in [1.165, 1.54) is 11.1 Å². The van der Waals surface area contributed by atoms with Crippen LogP contribution in [0.2, 0.25) is 0 Å². The highest BCUT2D eigenvalue weighted by Crippen LogP contribution is 2.27. The summed E-state index contributed by atoms with van der Waals surface area (Å²) in [6.07, 6.45) is 0. The molecule has 0 aromatic heterocycles. The molecule has 0 fully saturated rings. The molecule has 0 bridgehead atoms. The molecule has 3 heteroatoms. The molecule has 0 unspecified atom stereocenters. The van der Waals surface area contributed by atoms with Gasteiger partial charge in [0.15, 0.2) is 0 Å². The minimum Gasteiger partial charge on any atom is -0.492 e. The number of likely N-dealkylation sites (N-methyl/N-ethyl adjacent to an activating group) is 1. The lowest BCUT2D eigenvalue weighted by Gasteiger charge is -2.12. The van der Waals surface area contributed by atoms with Crippen LogP contribution in [0, 0.1) is 13.8 Å². The van der Waals surface area contributed by atoms with Crippen molar-refractivity contribution in [3.63, 3.8) is 0 Å². The number of benzene rings is 1. The maximum absolute atomic E-state index is 5.69. The Kier molecular flexibility index (Phi) is 5.12. The van der Waals surface area contributed by atoms with Gasteiger partial charge in [0.25, 0.3) is 0 Å². The lowest BCUT2D eigenvalue weighted by atomic mass is 10.1. The number of ether oxygens (including phenoxy) is 1. The lowest BCUT2D eigenvalue weighted by molar-refractivity contribution is 0.313. The summed E-state index contributed by atoms with van der Waals surface area (Å²) in [5, 5.41) is 3.23. The largest absolute Gasteiger partial charge is 0.492 e. The first-order chi connectivity index (χ1) is 7.16. The van der Waals surface area contributed by atoms with Crippen molar-refractivity contribution in [3.05, 3.63) is 27.7 Å². The molecule has 1 aromatic carbocycles. The highest BCUT2D eigenvalue weighted by Gasteiger charge is 2.04. The summed E-state index contributed by atoms with van der Waals surface area (Å²) in [6.45, 7) is 8.87. The molecule has 0 aliphatic rings. The molecule has 84 valence electrons. The summed E-state index contributed by atoms with van der Waals surface area (Å²) >= 11 is 3.51. The number of rotatable bonds is 5. The van der Waals surface area contributed by atoms with Crippen molar-refractivity contribution in [2.24, 2.45) is 0 Å². The van der Waals surface area contributed by atoms with E-state index in [1.54, 1.807) is 0 Å². The molecule has 1 rings (SSSR count). The van der Waals surface area contributed by atoms with Crippen LogP contribution in [0.25, 0.3) is 0 Å². The Hall–Kier alpha value is -0.540. The summed E-state index contributed by atoms with van der Waals surface area (Å²) in [5.74, 6) is 0.980. The van der Waals surface area contributed by atoms with Gasteiger partial charge in [0, 0.05) is 11.0 Å². The molecular formula is C12H18BrNO. The van der Waals surface area contributed by atoms with Gasteiger partial charge in [-0.15, -0.1) is 0 Å². The van der Waals surface area contributed by atoms with E-state index in [0.717, 1.165) is 29.9 Å². The molecule has 0 atom stereocenters. The Labute approximate surface area is 100 Å². The normalized spacial score (nSPS) is 10.4. The Balaban J connectivity index is 2.58. The molecule has 0 spiro atoms. The van der Waals surface area contributed by atoms with Gasteiger partial charge < -0.3 is 10.1 Å². The van der Waals surface area contributed by atoms with Crippen LogP contribution in [-0.2, 0) is 0 Å². The Bertz CT molecular complexity index is 326. The Morgan fingerprint density at radius 3 is 2.67 bits per heavy atom. The van der Waals surface area contributed by atoms with Crippen LogP contribution in [0.5, 0.6) is 5.75 Å². The molecule has 0 aliphatic heterocycles. The molecule has 0 amide bonds. The van der Waals surface area contributed by atoms with Gasteiger partial charge in [-0.05, 0) is 43.7 Å². The fourth-order valence-electron chi connectivity index (χ4n) is 1.33. The Morgan fingerprint density at radius 1 is 1.27 bits per heavy atom. The van der Waals surface area contributed by atoms with Crippen molar-refractivity contribution in [1.29, 1.82) is 0 Å². The van der Waals surface area contributed by atoms with Crippen molar-refractivity contribution in [2.75, 3.05) is 19.7 Å². The van der Waals surface area contributed by atoms with Gasteiger partial charge in [0.1, 0.15) is 12.4 Å². The molecule has 1 N–H and O–H groups in total. The van der Waals surface area contributed by atoms with Crippen molar-refractivity contribution in [2.45, 2.75) is 20.8 Å². The molecule has 1 aromatic rings. The third kappa shape index (κ3) is 3.50. The fraction of sp³-hybridized carbons (Fsp3) is 0.500. The maximum atomic E-state index is 5.69. The van der Waals surface area contributed by atoms with Crippen LogP contribution in [0.3, 0.4) is 0 Å². The standard InChI is InChI=1S/C12H18BrNO/c1-4-14-7-8-15-12-6-5-11(13)9(2)10(12)3/h5-6,14H,4,7-8H2,1-3H3. The summed E-state index contributed by atoms with van der Waals surface area (Å²) in [6, 6.07) is 4.04. The van der Waals surface area contributed by atoms with E-state index in [9.17, 15) is 0 Å². The summed E-state index contributed by atoms with van der Waals surface area (Å²) in [5.41, 5.74) is 2.46. The van der Waals surface area contributed by atoms with Gasteiger partial charge in [-0.1, -0.05) is 22.9 Å². The van der Waals surface area contributed by atoms with Gasteiger partial charge >= 0.3 is 0 Å². The molecular weight excluding hydrogens is 254 g/mol. The predicted molar refractivity (Wildman–Crippen MR) is 67.7 cm³/mol. The molecule has 2 nitrogen and oxygen atoms in total. The number of halogens is 1. The third-order valence-corrected chi connectivity index (χ3v) is 3.32. The SMILES string of the molecule is CCNCCOc1ccc(Br)c(C)c1C. The van der Waals surface area contributed by atoms with E-state index in [2.05, 4.69) is 42.0 Å². The van der Waals surface area contributed by atoms with Crippen molar-refractivity contribution < 1.29 is 4.74 Å². The summed E-state index contributed by atoms with van der Waals surface area (Å²) in [7, 11) is 0. The van der Waals surface area contributed by atoms with Crippen LogP contribution < -0.4 is 10.1 Å². The first kappa shape index (κ1) is 12.5. The van der Waals surface area contributed by atoms with Crippen LogP contribution in [0.15, 0.2) is 16.6 Å². The fourth-order valence-corrected chi connectivity index (χ4v) is 1.76. The highest BCUT2D eigenvalue weighted by molar-refractivity contribution is 9.10. The zero-order chi connectivity index (χ0) is 11.3. The van der Waals surface area contributed by atoms with Crippen LogP contribution in [0.4, 0.5) is 0 Å². The van der Waals surface area contributed by atoms with E-state index < -0.39 is 0 Å². The topological polar surface area (TPSA) is 21.3 Å². The van der Waals surface area contributed by atoms with Gasteiger partial charge in [0.05, 0.1) is 0 Å². The van der Waals surface area contributed by atoms with E-state index >= 15 is 0 Å². The van der Waals surface area contributed by atoms with E-state index in [0.29, 0.717) is 0 Å². The van der Waals surface area contributed by atoms with E-state index in [1.807, 2.05) is 12.1 Å². The second-order valence-electron chi connectivity index (χ2n) is 3.50. The smallest absolute Gasteiger partial charge is 0.122 e. The molecule has 0 radical (unpaired) electrons. The van der Waals surface area contributed by atoms with Gasteiger partial charge in [-0.25, -0.2) is 0 Å². The van der Waals surface area contributed by atoms with Crippen molar-refractivity contribution in [1.82, 2.24) is 5.32 Å². The summed E-state index contributed by atoms with van der Waals surface area (Å²) in [4.78, 5) is 0.